The molecule has 176 valence electrons. The van der Waals surface area contributed by atoms with Crippen LogP contribution in [0.15, 0.2) is 58.6 Å². The van der Waals surface area contributed by atoms with Crippen LogP contribution in [0.5, 0.6) is 0 Å². The third kappa shape index (κ3) is 5.24. The van der Waals surface area contributed by atoms with Crippen LogP contribution >= 0.6 is 11.8 Å². The van der Waals surface area contributed by atoms with Crippen LogP contribution in [-0.4, -0.2) is 54.9 Å². The standard InChI is InChI=1S/C21H25F2N7O2S/c1-25-19(24)27-26-12-11-21(14-7-5-4-6-8-14)30(20(31)29(2)32-3)28-18(33-21)16-13-15(22)9-10-17(16)23/h4-10,13,26H,11-12H2,1-3H3,(H3,24,25,27). The van der Waals surface area contributed by atoms with E-state index in [9.17, 15) is 13.6 Å². The van der Waals surface area contributed by atoms with Crippen molar-refractivity contribution in [3.63, 3.8) is 0 Å². The van der Waals surface area contributed by atoms with E-state index in [-0.39, 0.29) is 16.6 Å². The topological polar surface area (TPSA) is 108 Å². The summed E-state index contributed by atoms with van der Waals surface area (Å²) in [7, 11) is 4.33. The molecule has 0 radical (unpaired) electrons. The number of hydroxylamine groups is 2. The lowest BCUT2D eigenvalue weighted by Crippen LogP contribution is -2.49. The third-order valence-electron chi connectivity index (χ3n) is 4.95. The SMILES string of the molecule is CN=C(N)NNCCC1(c2ccccc2)SC(c2cc(F)ccc2F)=NN1C(=O)N(C)OC. The molecule has 9 nitrogen and oxygen atoms in total. The van der Waals surface area contributed by atoms with E-state index in [2.05, 4.69) is 20.9 Å². The predicted molar refractivity (Wildman–Crippen MR) is 124 cm³/mol. The Balaban J connectivity index is 2.06. The van der Waals surface area contributed by atoms with Crippen molar-refractivity contribution < 1.29 is 18.4 Å². The quantitative estimate of drug-likeness (QED) is 0.245. The number of carbonyl (C=O) groups is 1. The molecular formula is C21H25F2N7O2S. The van der Waals surface area contributed by atoms with Crippen molar-refractivity contribution >= 4 is 28.8 Å². The Morgan fingerprint density at radius 3 is 2.70 bits per heavy atom. The smallest absolute Gasteiger partial charge is 0.365 e. The average molecular weight is 478 g/mol. The fraction of sp³-hybridized carbons (Fsp3) is 0.286. The molecule has 1 aliphatic rings. The summed E-state index contributed by atoms with van der Waals surface area (Å²) in [5.74, 6) is -1.07. The maximum atomic E-state index is 14.6. The molecule has 33 heavy (non-hydrogen) atoms. The Morgan fingerprint density at radius 1 is 1.30 bits per heavy atom. The molecule has 0 bridgehead atoms. The van der Waals surface area contributed by atoms with E-state index >= 15 is 0 Å². The minimum Gasteiger partial charge on any atom is -0.369 e. The van der Waals surface area contributed by atoms with E-state index in [1.54, 1.807) is 0 Å². The number of carbonyl (C=O) groups excluding carboxylic acids is 1. The number of guanidine groups is 1. The van der Waals surface area contributed by atoms with Crippen LogP contribution in [0, 0.1) is 11.6 Å². The first-order chi connectivity index (χ1) is 15.8. The molecule has 3 rings (SSSR count). The number of rotatable bonds is 7. The number of nitrogens with one attached hydrogen (secondary N) is 2. The highest BCUT2D eigenvalue weighted by atomic mass is 32.2. The summed E-state index contributed by atoms with van der Waals surface area (Å²) in [5, 5.41) is 6.84. The fourth-order valence-corrected chi connectivity index (χ4v) is 4.57. The summed E-state index contributed by atoms with van der Waals surface area (Å²) in [6.45, 7) is 0.326. The molecule has 2 amide bonds. The van der Waals surface area contributed by atoms with Crippen LogP contribution in [0.1, 0.15) is 17.5 Å². The van der Waals surface area contributed by atoms with Crippen LogP contribution in [0.3, 0.4) is 0 Å². The second-order valence-corrected chi connectivity index (χ2v) is 8.23. The van der Waals surface area contributed by atoms with Crippen molar-refractivity contribution in [2.24, 2.45) is 15.8 Å². The zero-order valence-electron chi connectivity index (χ0n) is 18.4. The molecule has 1 heterocycles. The molecule has 2 aromatic rings. The van der Waals surface area contributed by atoms with Gasteiger partial charge in [0, 0.05) is 32.6 Å². The van der Waals surface area contributed by atoms with E-state index in [4.69, 9.17) is 10.6 Å². The molecular weight excluding hydrogens is 452 g/mol. The Hall–Kier alpha value is -3.22. The number of nitrogens with two attached hydrogens (primary N) is 1. The number of hydrazine groups is 1. The Labute approximate surface area is 194 Å². The van der Waals surface area contributed by atoms with Crippen LogP contribution in [0.4, 0.5) is 13.6 Å². The first-order valence-electron chi connectivity index (χ1n) is 9.94. The summed E-state index contributed by atoms with van der Waals surface area (Å²) < 4.78 is 28.5. The lowest BCUT2D eigenvalue weighted by Gasteiger charge is -2.37. The molecule has 1 aliphatic heterocycles. The first-order valence-corrected chi connectivity index (χ1v) is 10.8. The minimum absolute atomic E-state index is 0.0379. The lowest BCUT2D eigenvalue weighted by molar-refractivity contribution is -0.0805. The van der Waals surface area contributed by atoms with Gasteiger partial charge < -0.3 is 5.73 Å². The number of benzene rings is 2. The predicted octanol–water partition coefficient (Wildman–Crippen LogP) is 2.57. The number of aliphatic imine (C=N–C) groups is 1. The second-order valence-electron chi connectivity index (χ2n) is 6.97. The molecule has 0 aliphatic carbocycles. The van der Waals surface area contributed by atoms with Crippen molar-refractivity contribution in [2.45, 2.75) is 11.3 Å². The van der Waals surface area contributed by atoms with Crippen molar-refractivity contribution in [1.82, 2.24) is 20.9 Å². The van der Waals surface area contributed by atoms with Gasteiger partial charge in [-0.15, -0.1) is 0 Å². The fourth-order valence-electron chi connectivity index (χ4n) is 3.20. The molecule has 1 unspecified atom stereocenters. The molecule has 0 aromatic heterocycles. The number of nitrogens with zero attached hydrogens (tertiary/aromatic N) is 4. The maximum Gasteiger partial charge on any atom is 0.365 e. The molecule has 12 heteroatoms. The highest BCUT2D eigenvalue weighted by Gasteiger charge is 2.49. The third-order valence-corrected chi connectivity index (χ3v) is 6.40. The summed E-state index contributed by atoms with van der Waals surface area (Å²) in [4.78, 5) is 21.0. The molecule has 0 spiro atoms. The largest absolute Gasteiger partial charge is 0.369 e. The van der Waals surface area contributed by atoms with Gasteiger partial charge in [-0.2, -0.15) is 10.1 Å². The summed E-state index contributed by atoms with van der Waals surface area (Å²) in [6.07, 6.45) is 0.318. The Kier molecular flexibility index (Phi) is 7.84. The van der Waals surface area contributed by atoms with Crippen molar-refractivity contribution in [3.05, 3.63) is 71.3 Å². The normalized spacial score (nSPS) is 18.3. The second kappa shape index (κ2) is 10.6. The van der Waals surface area contributed by atoms with Gasteiger partial charge in [0.2, 0.25) is 5.96 Å². The van der Waals surface area contributed by atoms with Gasteiger partial charge in [0.25, 0.3) is 0 Å². The summed E-state index contributed by atoms with van der Waals surface area (Å²) in [5.41, 5.74) is 12.1. The molecule has 0 saturated heterocycles. The zero-order valence-corrected chi connectivity index (χ0v) is 19.2. The number of thioether (sulfide) groups is 1. The number of hydrogen-bond acceptors (Lipinski definition) is 6. The van der Waals surface area contributed by atoms with E-state index in [0.717, 1.165) is 40.6 Å². The average Bonchev–Trinajstić information content (AvgIpc) is 3.23. The summed E-state index contributed by atoms with van der Waals surface area (Å²) >= 11 is 1.15. The highest BCUT2D eigenvalue weighted by molar-refractivity contribution is 8.15. The summed E-state index contributed by atoms with van der Waals surface area (Å²) in [6, 6.07) is 11.7. The van der Waals surface area contributed by atoms with Gasteiger partial charge >= 0.3 is 6.03 Å². The van der Waals surface area contributed by atoms with Gasteiger partial charge in [-0.1, -0.05) is 42.1 Å². The maximum absolute atomic E-state index is 14.6. The Bertz CT molecular complexity index is 1050. The van der Waals surface area contributed by atoms with Gasteiger partial charge in [-0.3, -0.25) is 15.3 Å². The first kappa shape index (κ1) is 24.4. The zero-order chi connectivity index (χ0) is 24.0. The number of urea groups is 1. The number of amides is 2. The van der Waals surface area contributed by atoms with Gasteiger partial charge in [0.05, 0.1) is 7.11 Å². The molecule has 4 N–H and O–H groups in total. The van der Waals surface area contributed by atoms with Crippen LogP contribution in [0.2, 0.25) is 0 Å². The van der Waals surface area contributed by atoms with Crippen LogP contribution < -0.4 is 16.6 Å². The van der Waals surface area contributed by atoms with E-state index < -0.39 is 22.5 Å². The van der Waals surface area contributed by atoms with Gasteiger partial charge in [-0.25, -0.2) is 24.1 Å². The van der Waals surface area contributed by atoms with Crippen molar-refractivity contribution in [2.75, 3.05) is 27.7 Å². The van der Waals surface area contributed by atoms with Crippen LogP contribution in [-0.2, 0) is 9.71 Å². The molecule has 1 atom stereocenters. The number of hydrogen-bond donors (Lipinski definition) is 3. The monoisotopic (exact) mass is 477 g/mol. The van der Waals surface area contributed by atoms with Crippen LogP contribution in [0.25, 0.3) is 0 Å². The highest BCUT2D eigenvalue weighted by Crippen LogP contribution is 2.50. The lowest BCUT2D eigenvalue weighted by atomic mass is 10.0. The molecule has 2 aromatic carbocycles. The van der Waals surface area contributed by atoms with E-state index in [1.807, 2.05) is 30.3 Å². The van der Waals surface area contributed by atoms with Crippen molar-refractivity contribution in [1.29, 1.82) is 0 Å². The number of halogens is 2. The minimum atomic E-state index is -1.09. The van der Waals surface area contributed by atoms with E-state index in [0.29, 0.717) is 13.0 Å². The molecule has 0 fully saturated rings. The van der Waals surface area contributed by atoms with E-state index in [1.165, 1.54) is 26.2 Å². The van der Waals surface area contributed by atoms with Crippen molar-refractivity contribution in [3.8, 4) is 0 Å². The van der Waals surface area contributed by atoms with Gasteiger partial charge in [0.15, 0.2) is 0 Å². The Morgan fingerprint density at radius 2 is 2.03 bits per heavy atom. The molecule has 0 saturated carbocycles. The van der Waals surface area contributed by atoms with Gasteiger partial charge in [0.1, 0.15) is 21.5 Å². The number of hydrazone groups is 1. The van der Waals surface area contributed by atoms with Gasteiger partial charge in [-0.05, 0) is 23.8 Å².